The zero-order chi connectivity index (χ0) is 31.0. The second-order valence-corrected chi connectivity index (χ2v) is 9.78. The number of hydrogen-bond donors (Lipinski definition) is 1. The molecule has 0 radical (unpaired) electrons. The minimum Gasteiger partial charge on any atom is -0.493 e. The molecule has 2 atom stereocenters. The Labute approximate surface area is 237 Å². The zero-order valence-electron chi connectivity index (χ0n) is 22.5. The number of carboxylic acid groups (broad SMARTS) is 1. The van der Waals surface area contributed by atoms with Crippen molar-refractivity contribution in [1.82, 2.24) is 4.90 Å². The molecule has 0 aromatic heterocycles. The van der Waals surface area contributed by atoms with Crippen molar-refractivity contribution in [3.05, 3.63) is 82.4 Å². The van der Waals surface area contributed by atoms with E-state index in [1.165, 1.54) is 31.1 Å². The first kappa shape index (κ1) is 30.6. The Kier molecular flexibility index (Phi) is 8.37. The number of ether oxygens (including phenoxy) is 3. The van der Waals surface area contributed by atoms with E-state index in [2.05, 4.69) is 0 Å². The molecule has 1 aliphatic rings. The summed E-state index contributed by atoms with van der Waals surface area (Å²) in [5, 5.41) is 9.14. The van der Waals surface area contributed by atoms with Crippen molar-refractivity contribution >= 4 is 25.4 Å². The van der Waals surface area contributed by atoms with Gasteiger partial charge < -0.3 is 19.3 Å². The molecule has 1 heterocycles. The van der Waals surface area contributed by atoms with E-state index in [-0.39, 0.29) is 30.5 Å². The van der Waals surface area contributed by atoms with Gasteiger partial charge in [-0.15, -0.1) is 0 Å². The third-order valence-corrected chi connectivity index (χ3v) is 6.69. The molecule has 3 aromatic carbocycles. The zero-order valence-corrected chi connectivity index (χ0v) is 22.5. The molecule has 0 spiro atoms. The summed E-state index contributed by atoms with van der Waals surface area (Å²) in [6.45, 7) is 1.30. The van der Waals surface area contributed by atoms with E-state index in [1.807, 2.05) is 0 Å². The summed E-state index contributed by atoms with van der Waals surface area (Å²) in [5.41, 5.74) is -1.81. The van der Waals surface area contributed by atoms with Gasteiger partial charge in [-0.3, -0.25) is 9.69 Å². The van der Waals surface area contributed by atoms with Gasteiger partial charge in [-0.25, -0.2) is 4.79 Å². The van der Waals surface area contributed by atoms with Crippen LogP contribution in [0.3, 0.4) is 0 Å². The fraction of sp³-hybridized carbons (Fsp3) is 0.286. The topological polar surface area (TPSA) is 85.3 Å². The third-order valence-electron chi connectivity index (χ3n) is 6.69. The average Bonchev–Trinajstić information content (AvgIpc) is 3.17. The van der Waals surface area contributed by atoms with Crippen molar-refractivity contribution in [2.45, 2.75) is 44.4 Å². The lowest BCUT2D eigenvalue weighted by atomic mass is 9.93. The van der Waals surface area contributed by atoms with Crippen molar-refractivity contribution < 1.29 is 55.2 Å². The van der Waals surface area contributed by atoms with E-state index in [9.17, 15) is 35.9 Å². The van der Waals surface area contributed by atoms with Gasteiger partial charge in [-0.1, -0.05) is 23.7 Å². The van der Waals surface area contributed by atoms with Crippen LogP contribution >= 0.6 is 0 Å². The minimum atomic E-state index is -5.06. The van der Waals surface area contributed by atoms with Crippen molar-refractivity contribution in [2.24, 2.45) is 0 Å². The first-order valence-electron chi connectivity index (χ1n) is 12.5. The van der Waals surface area contributed by atoms with Crippen LogP contribution in [0.4, 0.5) is 31.1 Å². The lowest BCUT2D eigenvalue weighted by molar-refractivity contribution is -0.143. The normalized spacial score (nSPS) is 17.2. The summed E-state index contributed by atoms with van der Waals surface area (Å²) in [4.78, 5) is 25.2. The SMILES string of the molecule is Bc1ccc(Oc2cc(CC(=O)O)ccc2OC)c(CN2C(=O)O[C@@H](c3cc(C(F)(F)F)cc(C(F)(F)F)c3)[C@H]2C)c1. The van der Waals surface area contributed by atoms with Crippen LogP contribution in [-0.2, 0) is 34.8 Å². The molecule has 0 bridgehead atoms. The molecule has 1 aliphatic heterocycles. The number of carbonyl (C=O) groups is 2. The summed E-state index contributed by atoms with van der Waals surface area (Å²) in [6, 6.07) is 9.78. The van der Waals surface area contributed by atoms with E-state index in [1.54, 1.807) is 32.1 Å². The predicted octanol–water partition coefficient (Wildman–Crippen LogP) is 5.49. The first-order valence-corrected chi connectivity index (χ1v) is 12.5. The van der Waals surface area contributed by atoms with Crippen molar-refractivity contribution in [2.75, 3.05) is 7.11 Å². The first-order chi connectivity index (χ1) is 19.6. The average molecular weight is 595 g/mol. The van der Waals surface area contributed by atoms with Gasteiger partial charge in [-0.05, 0) is 54.4 Å². The monoisotopic (exact) mass is 595 g/mol. The second kappa shape index (κ2) is 11.5. The number of carboxylic acids is 1. The van der Waals surface area contributed by atoms with Gasteiger partial charge in [0, 0.05) is 5.56 Å². The molecule has 222 valence electrons. The van der Waals surface area contributed by atoms with Crippen molar-refractivity contribution in [1.29, 1.82) is 0 Å². The Bertz CT molecular complexity index is 1480. The summed E-state index contributed by atoms with van der Waals surface area (Å²) in [5.74, 6) is -0.302. The van der Waals surface area contributed by atoms with Gasteiger partial charge in [0.1, 0.15) is 19.7 Å². The largest absolute Gasteiger partial charge is 0.493 e. The lowest BCUT2D eigenvalue weighted by Crippen LogP contribution is -2.32. The van der Waals surface area contributed by atoms with Crippen LogP contribution < -0.4 is 14.9 Å². The number of rotatable bonds is 8. The Balaban J connectivity index is 1.66. The summed E-state index contributed by atoms with van der Waals surface area (Å²) in [6.07, 6.45) is -12.7. The van der Waals surface area contributed by atoms with Crippen LogP contribution in [-0.4, -0.2) is 43.1 Å². The highest BCUT2D eigenvalue weighted by Gasteiger charge is 2.43. The maximum atomic E-state index is 13.4. The van der Waals surface area contributed by atoms with Crippen LogP contribution in [0.2, 0.25) is 0 Å². The second-order valence-electron chi connectivity index (χ2n) is 9.78. The highest BCUT2D eigenvalue weighted by molar-refractivity contribution is 6.32. The smallest absolute Gasteiger partial charge is 0.416 e. The number of nitrogens with zero attached hydrogens (tertiary/aromatic N) is 1. The van der Waals surface area contributed by atoms with Crippen LogP contribution in [0.25, 0.3) is 0 Å². The fourth-order valence-electron chi connectivity index (χ4n) is 4.62. The molecule has 4 rings (SSSR count). The molecule has 0 saturated carbocycles. The standard InChI is InChI=1S/C28H24BF6NO6/c1-14-25(16-9-18(27(30,31)32)12-19(10-16)28(33,34)35)42-26(39)36(14)13-17-11-20(29)4-6-21(17)41-23-7-15(8-24(37)38)3-5-22(23)40-2/h3-7,9-12,14,25H,8,13,29H2,1-2H3,(H,37,38)/t14-,25-/m1/s1. The molecule has 1 fully saturated rings. The van der Waals surface area contributed by atoms with Gasteiger partial charge in [0.2, 0.25) is 0 Å². The summed E-state index contributed by atoms with van der Waals surface area (Å²) < 4.78 is 97.2. The van der Waals surface area contributed by atoms with Gasteiger partial charge in [0.15, 0.2) is 11.5 Å². The highest BCUT2D eigenvalue weighted by atomic mass is 19.4. The quantitative estimate of drug-likeness (QED) is 0.274. The van der Waals surface area contributed by atoms with Gasteiger partial charge in [0.25, 0.3) is 0 Å². The Hall–Kier alpha value is -4.36. The molecular weight excluding hydrogens is 571 g/mol. The molecule has 3 aromatic rings. The highest BCUT2D eigenvalue weighted by Crippen LogP contribution is 2.42. The van der Waals surface area contributed by atoms with Crippen LogP contribution in [0.5, 0.6) is 17.2 Å². The molecule has 7 nitrogen and oxygen atoms in total. The van der Waals surface area contributed by atoms with Crippen LogP contribution in [0, 0.1) is 0 Å². The molecule has 14 heteroatoms. The van der Waals surface area contributed by atoms with E-state index in [4.69, 9.17) is 19.3 Å². The molecule has 0 unspecified atom stereocenters. The van der Waals surface area contributed by atoms with E-state index < -0.39 is 53.3 Å². The van der Waals surface area contributed by atoms with Crippen LogP contribution in [0.15, 0.2) is 54.6 Å². The van der Waals surface area contributed by atoms with E-state index >= 15 is 0 Å². The van der Waals surface area contributed by atoms with E-state index in [0.29, 0.717) is 29.0 Å². The third kappa shape index (κ3) is 6.74. The van der Waals surface area contributed by atoms with Crippen molar-refractivity contribution in [3.63, 3.8) is 0 Å². The molecule has 1 N–H and O–H groups in total. The number of methoxy groups -OCH3 is 1. The molecule has 0 aliphatic carbocycles. The number of halogens is 6. The molecule has 1 saturated heterocycles. The van der Waals surface area contributed by atoms with Crippen LogP contribution in [0.1, 0.15) is 40.8 Å². The number of cyclic esters (lactones) is 1. The van der Waals surface area contributed by atoms with Gasteiger partial charge in [0.05, 0.1) is 37.2 Å². The number of benzene rings is 3. The number of aliphatic carboxylic acids is 1. The van der Waals surface area contributed by atoms with Gasteiger partial charge >= 0.3 is 24.4 Å². The molecular formula is C28H24BF6NO6. The minimum absolute atomic E-state index is 0.0127. The molecule has 42 heavy (non-hydrogen) atoms. The number of hydrogen-bond acceptors (Lipinski definition) is 5. The Morgan fingerprint density at radius 1 is 0.952 bits per heavy atom. The fourth-order valence-corrected chi connectivity index (χ4v) is 4.62. The van der Waals surface area contributed by atoms with Crippen molar-refractivity contribution in [3.8, 4) is 17.2 Å². The Morgan fingerprint density at radius 2 is 1.57 bits per heavy atom. The lowest BCUT2D eigenvalue weighted by Gasteiger charge is -2.23. The summed E-state index contributed by atoms with van der Waals surface area (Å²) in [7, 11) is 3.17. The number of alkyl halides is 6. The predicted molar refractivity (Wildman–Crippen MR) is 140 cm³/mol. The van der Waals surface area contributed by atoms with E-state index in [0.717, 1.165) is 5.46 Å². The Morgan fingerprint density at radius 3 is 2.14 bits per heavy atom. The van der Waals surface area contributed by atoms with Gasteiger partial charge in [-0.2, -0.15) is 26.3 Å². The summed E-state index contributed by atoms with van der Waals surface area (Å²) >= 11 is 0. The number of carbonyl (C=O) groups excluding carboxylic acids is 1. The maximum absolute atomic E-state index is 13.4. The number of amides is 1. The maximum Gasteiger partial charge on any atom is 0.416 e. The molecule has 1 amide bonds.